The third kappa shape index (κ3) is 4.22. The van der Waals surface area contributed by atoms with Crippen molar-refractivity contribution >= 4 is 23.6 Å². The van der Waals surface area contributed by atoms with Crippen LogP contribution in [0.1, 0.15) is 30.5 Å². The second-order valence-electron chi connectivity index (χ2n) is 6.93. The highest BCUT2D eigenvalue weighted by atomic mass is 16.5. The summed E-state index contributed by atoms with van der Waals surface area (Å²) in [6.45, 7) is 1.50. The molecule has 0 bridgehead atoms. The van der Waals surface area contributed by atoms with Gasteiger partial charge in [-0.05, 0) is 29.3 Å². The molecule has 0 saturated carbocycles. The van der Waals surface area contributed by atoms with Crippen molar-refractivity contribution in [3.8, 4) is 11.5 Å². The maximum atomic E-state index is 12.9. The van der Waals surface area contributed by atoms with Crippen LogP contribution in [0.15, 0.2) is 79.3 Å². The highest BCUT2D eigenvalue weighted by molar-refractivity contribution is 5.93. The Morgan fingerprint density at radius 3 is 2.63 bits per heavy atom. The van der Waals surface area contributed by atoms with Gasteiger partial charge in [0.2, 0.25) is 11.8 Å². The SMILES string of the molecule is CC(=O)N1C=Cc2ccccc2C1CC(=O)Nc1cnccc1Oc1ccccc1. The van der Waals surface area contributed by atoms with Crippen molar-refractivity contribution in [1.82, 2.24) is 9.88 Å². The molecule has 4 rings (SSSR count). The molecule has 1 atom stereocenters. The number of anilines is 1. The smallest absolute Gasteiger partial charge is 0.226 e. The van der Waals surface area contributed by atoms with E-state index < -0.39 is 0 Å². The van der Waals surface area contributed by atoms with Gasteiger partial charge in [-0.15, -0.1) is 0 Å². The lowest BCUT2D eigenvalue weighted by Gasteiger charge is -2.32. The number of para-hydroxylation sites is 1. The number of hydrogen-bond acceptors (Lipinski definition) is 4. The first-order valence-corrected chi connectivity index (χ1v) is 9.64. The molecule has 150 valence electrons. The molecule has 3 aromatic rings. The lowest BCUT2D eigenvalue weighted by Crippen LogP contribution is -2.33. The Balaban J connectivity index is 1.53. The van der Waals surface area contributed by atoms with Crippen LogP contribution in [-0.2, 0) is 9.59 Å². The molecule has 2 aromatic carbocycles. The maximum Gasteiger partial charge on any atom is 0.226 e. The third-order valence-electron chi connectivity index (χ3n) is 4.87. The van der Waals surface area contributed by atoms with Crippen LogP contribution in [0.3, 0.4) is 0 Å². The van der Waals surface area contributed by atoms with Crippen molar-refractivity contribution in [2.75, 3.05) is 5.32 Å². The summed E-state index contributed by atoms with van der Waals surface area (Å²) in [6.07, 6.45) is 6.89. The lowest BCUT2D eigenvalue weighted by molar-refractivity contribution is -0.129. The number of nitrogens with one attached hydrogen (secondary N) is 1. The van der Waals surface area contributed by atoms with E-state index in [2.05, 4.69) is 10.3 Å². The van der Waals surface area contributed by atoms with Crippen molar-refractivity contribution in [3.63, 3.8) is 0 Å². The first-order chi connectivity index (χ1) is 14.6. The summed E-state index contributed by atoms with van der Waals surface area (Å²) >= 11 is 0. The fourth-order valence-corrected chi connectivity index (χ4v) is 3.47. The molecular formula is C24H21N3O3. The molecule has 0 aliphatic carbocycles. The van der Waals surface area contributed by atoms with Crippen molar-refractivity contribution in [2.45, 2.75) is 19.4 Å². The quantitative estimate of drug-likeness (QED) is 0.670. The molecule has 0 fully saturated rings. The Bertz CT molecular complexity index is 1100. The van der Waals surface area contributed by atoms with E-state index in [-0.39, 0.29) is 24.3 Å². The molecule has 1 aromatic heterocycles. The summed E-state index contributed by atoms with van der Waals surface area (Å²) in [7, 11) is 0. The number of nitrogens with zero attached hydrogens (tertiary/aromatic N) is 2. The number of rotatable bonds is 5. The second-order valence-corrected chi connectivity index (χ2v) is 6.93. The van der Waals surface area contributed by atoms with Gasteiger partial charge in [0.1, 0.15) is 11.4 Å². The van der Waals surface area contributed by atoms with E-state index in [0.29, 0.717) is 17.2 Å². The Kier molecular flexibility index (Phi) is 5.57. The molecule has 2 heterocycles. The number of fused-ring (bicyclic) bond motifs is 1. The predicted octanol–water partition coefficient (Wildman–Crippen LogP) is 4.78. The van der Waals surface area contributed by atoms with Crippen molar-refractivity contribution in [1.29, 1.82) is 0 Å². The van der Waals surface area contributed by atoms with Crippen molar-refractivity contribution in [2.24, 2.45) is 0 Å². The Hall–Kier alpha value is -3.93. The minimum absolute atomic E-state index is 0.112. The van der Waals surface area contributed by atoms with Crippen LogP contribution in [0, 0.1) is 0 Å². The van der Waals surface area contributed by atoms with Gasteiger partial charge in [-0.3, -0.25) is 14.6 Å². The first-order valence-electron chi connectivity index (χ1n) is 9.64. The molecule has 2 amide bonds. The van der Waals surface area contributed by atoms with E-state index in [1.165, 1.54) is 6.92 Å². The van der Waals surface area contributed by atoms with Gasteiger partial charge in [0.15, 0.2) is 5.75 Å². The van der Waals surface area contributed by atoms with Crippen molar-refractivity contribution < 1.29 is 14.3 Å². The number of pyridine rings is 1. The zero-order valence-electron chi connectivity index (χ0n) is 16.5. The minimum atomic E-state index is -0.376. The fourth-order valence-electron chi connectivity index (χ4n) is 3.47. The van der Waals surface area contributed by atoms with Crippen LogP contribution >= 0.6 is 0 Å². The van der Waals surface area contributed by atoms with E-state index in [1.54, 1.807) is 29.6 Å². The minimum Gasteiger partial charge on any atom is -0.455 e. The zero-order chi connectivity index (χ0) is 20.9. The monoisotopic (exact) mass is 399 g/mol. The van der Waals surface area contributed by atoms with E-state index in [0.717, 1.165) is 11.1 Å². The average Bonchev–Trinajstić information content (AvgIpc) is 2.76. The maximum absolute atomic E-state index is 12.9. The number of carbonyl (C=O) groups excluding carboxylic acids is 2. The topological polar surface area (TPSA) is 71.5 Å². The van der Waals surface area contributed by atoms with Gasteiger partial charge in [0.25, 0.3) is 0 Å². The second kappa shape index (κ2) is 8.61. The molecule has 0 radical (unpaired) electrons. The summed E-state index contributed by atoms with van der Waals surface area (Å²) in [4.78, 5) is 30.7. The molecule has 1 aliphatic heterocycles. The molecule has 1 N–H and O–H groups in total. The van der Waals surface area contributed by atoms with E-state index >= 15 is 0 Å². The van der Waals surface area contributed by atoms with Crippen LogP contribution in [-0.4, -0.2) is 21.7 Å². The summed E-state index contributed by atoms with van der Waals surface area (Å²) in [5, 5.41) is 2.88. The van der Waals surface area contributed by atoms with E-state index in [4.69, 9.17) is 4.74 Å². The van der Waals surface area contributed by atoms with Gasteiger partial charge in [0.05, 0.1) is 18.7 Å². The summed E-state index contributed by atoms with van der Waals surface area (Å²) in [5.41, 5.74) is 2.42. The van der Waals surface area contributed by atoms with Gasteiger partial charge >= 0.3 is 0 Å². The van der Waals surface area contributed by atoms with Crippen LogP contribution in [0.4, 0.5) is 5.69 Å². The lowest BCUT2D eigenvalue weighted by atomic mass is 9.93. The van der Waals surface area contributed by atoms with Crippen LogP contribution in [0.25, 0.3) is 6.08 Å². The number of benzene rings is 2. The average molecular weight is 399 g/mol. The summed E-state index contributed by atoms with van der Waals surface area (Å²) < 4.78 is 5.89. The van der Waals surface area contributed by atoms with Crippen molar-refractivity contribution in [3.05, 3.63) is 90.4 Å². The molecule has 0 spiro atoms. The zero-order valence-corrected chi connectivity index (χ0v) is 16.5. The molecule has 6 nitrogen and oxygen atoms in total. The van der Waals surface area contributed by atoms with Gasteiger partial charge in [-0.1, -0.05) is 42.5 Å². The van der Waals surface area contributed by atoms with E-state index in [9.17, 15) is 9.59 Å². The van der Waals surface area contributed by atoms with Crippen LogP contribution < -0.4 is 10.1 Å². The van der Waals surface area contributed by atoms with Crippen LogP contribution in [0.5, 0.6) is 11.5 Å². The molecule has 0 saturated heterocycles. The van der Waals surface area contributed by atoms with Gasteiger partial charge in [-0.25, -0.2) is 0 Å². The van der Waals surface area contributed by atoms with Gasteiger partial charge < -0.3 is 15.0 Å². The Morgan fingerprint density at radius 1 is 1.07 bits per heavy atom. The highest BCUT2D eigenvalue weighted by Crippen LogP contribution is 2.34. The highest BCUT2D eigenvalue weighted by Gasteiger charge is 2.28. The number of amides is 2. The molecule has 1 aliphatic rings. The molecular weight excluding hydrogens is 378 g/mol. The largest absolute Gasteiger partial charge is 0.455 e. The predicted molar refractivity (Wildman–Crippen MR) is 115 cm³/mol. The molecule has 30 heavy (non-hydrogen) atoms. The number of hydrogen-bond donors (Lipinski definition) is 1. The van der Waals surface area contributed by atoms with Gasteiger partial charge in [0, 0.05) is 25.4 Å². The summed E-state index contributed by atoms with van der Waals surface area (Å²) in [6, 6.07) is 18.4. The van der Waals surface area contributed by atoms with Crippen LogP contribution in [0.2, 0.25) is 0 Å². The fraction of sp³-hybridized carbons (Fsp3) is 0.125. The number of carbonyl (C=O) groups is 2. The molecule has 1 unspecified atom stereocenters. The van der Waals surface area contributed by atoms with E-state index in [1.807, 2.05) is 60.7 Å². The number of aromatic nitrogens is 1. The Morgan fingerprint density at radius 2 is 1.83 bits per heavy atom. The first kappa shape index (κ1) is 19.4. The third-order valence-corrected chi connectivity index (χ3v) is 4.87. The summed E-state index contributed by atoms with van der Waals surface area (Å²) in [5.74, 6) is 0.806. The Labute approximate surface area is 174 Å². The molecule has 6 heteroatoms. The normalized spacial score (nSPS) is 14.7. The number of ether oxygens (including phenoxy) is 1. The van der Waals surface area contributed by atoms with Gasteiger partial charge in [-0.2, -0.15) is 0 Å². The standard InChI is InChI=1S/C24H21N3O3/c1-17(28)27-14-12-18-7-5-6-10-20(18)22(27)15-24(29)26-21-16-25-13-11-23(21)30-19-8-3-2-4-9-19/h2-14,16,22H,15H2,1H3,(H,26,29).